The van der Waals surface area contributed by atoms with E-state index in [1.807, 2.05) is 32.0 Å². The number of β-amino-alcohol motifs (C(OH)–C–C–N with tert-alkyl or cyclic N) is 1. The Balaban J connectivity index is 1.72. The van der Waals surface area contributed by atoms with Gasteiger partial charge in [0.2, 0.25) is 17.7 Å². The standard InChI is InChI=1S/C21H27N3O4S/c1-11-5-4-6-12(2)16(11)23-19(27)17-21-8-7-13(29-21)14(18(26)22-3)15(21)20(28)24(17)9-10-25/h4-6,13-15,17,25H,7-10H2,1-3H3,(H,22,26)(H,23,27)/t13-,14+,15+,17?,21?/m1/s1. The molecular formula is C21H27N3O4S. The molecule has 5 atom stereocenters. The van der Waals surface area contributed by atoms with Crippen molar-refractivity contribution in [1.29, 1.82) is 0 Å². The fourth-order valence-corrected chi connectivity index (χ4v) is 7.69. The van der Waals surface area contributed by atoms with E-state index in [1.165, 1.54) is 4.90 Å². The van der Waals surface area contributed by atoms with Gasteiger partial charge in [0.25, 0.3) is 0 Å². The van der Waals surface area contributed by atoms with Crippen LogP contribution in [0.4, 0.5) is 5.69 Å². The number of benzene rings is 1. The summed E-state index contributed by atoms with van der Waals surface area (Å²) in [5.74, 6) is -1.51. The molecule has 1 spiro atoms. The summed E-state index contributed by atoms with van der Waals surface area (Å²) < 4.78 is -0.616. The van der Waals surface area contributed by atoms with Gasteiger partial charge in [0.15, 0.2) is 0 Å². The number of nitrogens with zero attached hydrogens (tertiary/aromatic N) is 1. The molecule has 3 N–H and O–H groups in total. The van der Waals surface area contributed by atoms with E-state index in [9.17, 15) is 19.5 Å². The highest BCUT2D eigenvalue weighted by atomic mass is 32.2. The predicted octanol–water partition coefficient (Wildman–Crippen LogP) is 1.07. The lowest BCUT2D eigenvalue weighted by Gasteiger charge is -2.34. The Morgan fingerprint density at radius 3 is 2.59 bits per heavy atom. The Morgan fingerprint density at radius 1 is 1.28 bits per heavy atom. The highest BCUT2D eigenvalue weighted by Gasteiger charge is 2.73. The summed E-state index contributed by atoms with van der Waals surface area (Å²) in [6.07, 6.45) is 1.53. The number of carbonyl (C=O) groups is 3. The molecule has 3 saturated heterocycles. The molecule has 1 aromatic rings. The van der Waals surface area contributed by atoms with Gasteiger partial charge in [-0.05, 0) is 37.8 Å². The summed E-state index contributed by atoms with van der Waals surface area (Å²) >= 11 is 1.62. The number of carbonyl (C=O) groups excluding carboxylic acids is 3. The van der Waals surface area contributed by atoms with E-state index in [0.29, 0.717) is 0 Å². The normalized spacial score (nSPS) is 32.4. The smallest absolute Gasteiger partial charge is 0.248 e. The summed E-state index contributed by atoms with van der Waals surface area (Å²) in [5, 5.41) is 15.4. The summed E-state index contributed by atoms with van der Waals surface area (Å²) in [7, 11) is 1.59. The van der Waals surface area contributed by atoms with Crippen molar-refractivity contribution in [2.75, 3.05) is 25.5 Å². The maximum Gasteiger partial charge on any atom is 0.248 e. The third-order valence-electron chi connectivity index (χ3n) is 6.67. The lowest BCUT2D eigenvalue weighted by atomic mass is 9.70. The molecule has 3 aliphatic heterocycles. The van der Waals surface area contributed by atoms with Crippen molar-refractivity contribution < 1.29 is 19.5 Å². The molecule has 1 aromatic carbocycles. The van der Waals surface area contributed by atoms with Crippen molar-refractivity contribution in [3.63, 3.8) is 0 Å². The van der Waals surface area contributed by atoms with Gasteiger partial charge in [0.05, 0.1) is 23.2 Å². The zero-order valence-electron chi connectivity index (χ0n) is 16.9. The number of aryl methyl sites for hydroxylation is 2. The minimum Gasteiger partial charge on any atom is -0.395 e. The summed E-state index contributed by atoms with van der Waals surface area (Å²) in [6.45, 7) is 3.74. The van der Waals surface area contributed by atoms with E-state index < -0.39 is 22.6 Å². The van der Waals surface area contributed by atoms with Gasteiger partial charge < -0.3 is 20.6 Å². The highest BCUT2D eigenvalue weighted by molar-refractivity contribution is 8.02. The molecule has 156 valence electrons. The Labute approximate surface area is 174 Å². The van der Waals surface area contributed by atoms with Crippen molar-refractivity contribution in [3.8, 4) is 0 Å². The molecule has 2 bridgehead atoms. The molecule has 0 aromatic heterocycles. The van der Waals surface area contributed by atoms with Crippen LogP contribution in [0.5, 0.6) is 0 Å². The number of hydrogen-bond donors (Lipinski definition) is 3. The first kappa shape index (κ1) is 20.2. The van der Waals surface area contributed by atoms with Crippen molar-refractivity contribution >= 4 is 35.2 Å². The topological polar surface area (TPSA) is 98.7 Å². The minimum atomic E-state index is -0.698. The van der Waals surface area contributed by atoms with Crippen molar-refractivity contribution in [1.82, 2.24) is 10.2 Å². The second-order valence-electron chi connectivity index (χ2n) is 8.18. The fourth-order valence-electron chi connectivity index (χ4n) is 5.47. The molecule has 3 fully saturated rings. The maximum absolute atomic E-state index is 13.5. The van der Waals surface area contributed by atoms with Gasteiger partial charge in [0, 0.05) is 24.5 Å². The van der Waals surface area contributed by atoms with E-state index in [4.69, 9.17) is 0 Å². The van der Waals surface area contributed by atoms with Crippen molar-refractivity contribution in [3.05, 3.63) is 29.3 Å². The van der Waals surface area contributed by atoms with Crippen LogP contribution < -0.4 is 10.6 Å². The van der Waals surface area contributed by atoms with Crippen LogP contribution in [0.2, 0.25) is 0 Å². The number of amides is 3. The number of hydrogen-bond acceptors (Lipinski definition) is 5. The second kappa shape index (κ2) is 7.32. The number of aliphatic hydroxyl groups is 1. The number of fused-ring (bicyclic) bond motifs is 1. The Morgan fingerprint density at radius 2 is 1.97 bits per heavy atom. The van der Waals surface area contributed by atoms with Gasteiger partial charge in [-0.1, -0.05) is 18.2 Å². The van der Waals surface area contributed by atoms with Crippen LogP contribution in [-0.2, 0) is 14.4 Å². The lowest BCUT2D eigenvalue weighted by Crippen LogP contribution is -2.52. The highest BCUT2D eigenvalue weighted by Crippen LogP contribution is 2.66. The molecule has 0 radical (unpaired) electrons. The van der Waals surface area contributed by atoms with Gasteiger partial charge in [-0.25, -0.2) is 0 Å². The molecule has 2 unspecified atom stereocenters. The fraction of sp³-hybridized carbons (Fsp3) is 0.571. The van der Waals surface area contributed by atoms with Gasteiger partial charge in [-0.2, -0.15) is 0 Å². The zero-order valence-corrected chi connectivity index (χ0v) is 17.7. The maximum atomic E-state index is 13.5. The first-order valence-electron chi connectivity index (χ1n) is 10.0. The first-order chi connectivity index (χ1) is 13.9. The van der Waals surface area contributed by atoms with E-state index in [-0.39, 0.29) is 36.1 Å². The molecule has 4 rings (SSSR count). The summed E-state index contributed by atoms with van der Waals surface area (Å²) in [5.41, 5.74) is 2.67. The van der Waals surface area contributed by atoms with Crippen LogP contribution in [0.1, 0.15) is 24.0 Å². The van der Waals surface area contributed by atoms with Crippen LogP contribution in [0, 0.1) is 25.7 Å². The number of likely N-dealkylation sites (tertiary alicyclic amines) is 1. The van der Waals surface area contributed by atoms with Crippen LogP contribution in [0.15, 0.2) is 18.2 Å². The number of nitrogens with one attached hydrogen (secondary N) is 2. The number of rotatable bonds is 5. The minimum absolute atomic E-state index is 0.0516. The van der Waals surface area contributed by atoms with Gasteiger partial charge in [-0.3, -0.25) is 14.4 Å². The van der Waals surface area contributed by atoms with E-state index in [2.05, 4.69) is 10.6 Å². The first-order valence-corrected chi connectivity index (χ1v) is 10.9. The Bertz CT molecular complexity index is 855. The van der Waals surface area contributed by atoms with Crippen LogP contribution in [0.3, 0.4) is 0 Å². The molecule has 7 nitrogen and oxygen atoms in total. The molecule has 0 aliphatic carbocycles. The predicted molar refractivity (Wildman–Crippen MR) is 112 cm³/mol. The molecule has 3 amide bonds. The zero-order chi connectivity index (χ0) is 20.9. The Hall–Kier alpha value is -2.06. The largest absolute Gasteiger partial charge is 0.395 e. The monoisotopic (exact) mass is 417 g/mol. The van der Waals surface area contributed by atoms with E-state index in [0.717, 1.165) is 29.7 Å². The number of para-hydroxylation sites is 1. The second-order valence-corrected chi connectivity index (χ2v) is 9.78. The van der Waals surface area contributed by atoms with Gasteiger partial charge in [-0.15, -0.1) is 11.8 Å². The van der Waals surface area contributed by atoms with Crippen LogP contribution in [0.25, 0.3) is 0 Å². The van der Waals surface area contributed by atoms with Crippen LogP contribution in [-0.4, -0.2) is 64.0 Å². The molecule has 29 heavy (non-hydrogen) atoms. The molecule has 0 saturated carbocycles. The van der Waals surface area contributed by atoms with Gasteiger partial charge in [0.1, 0.15) is 6.04 Å². The van der Waals surface area contributed by atoms with Gasteiger partial charge >= 0.3 is 0 Å². The third-order valence-corrected chi connectivity index (χ3v) is 8.62. The Kier molecular flexibility index (Phi) is 5.11. The lowest BCUT2D eigenvalue weighted by molar-refractivity contribution is -0.139. The van der Waals surface area contributed by atoms with E-state index >= 15 is 0 Å². The summed E-state index contributed by atoms with van der Waals surface area (Å²) in [6, 6.07) is 5.11. The SMILES string of the molecule is CNC(=O)[C@@H]1[C@H]2C(=O)N(CCO)C(C(=O)Nc3c(C)cccc3C)C23CC[C@H]1S3. The van der Waals surface area contributed by atoms with Crippen LogP contribution >= 0.6 is 11.8 Å². The van der Waals surface area contributed by atoms with E-state index in [1.54, 1.807) is 18.8 Å². The average Bonchev–Trinajstić information content (AvgIpc) is 3.32. The van der Waals surface area contributed by atoms with Crippen molar-refractivity contribution in [2.45, 2.75) is 42.7 Å². The quantitative estimate of drug-likeness (QED) is 0.666. The summed E-state index contributed by atoms with van der Waals surface area (Å²) in [4.78, 5) is 40.9. The number of thioether (sulfide) groups is 1. The molecule has 3 heterocycles. The average molecular weight is 418 g/mol. The third kappa shape index (κ3) is 2.87. The molecule has 8 heteroatoms. The molecule has 3 aliphatic rings. The number of anilines is 1. The van der Waals surface area contributed by atoms with Crippen molar-refractivity contribution in [2.24, 2.45) is 11.8 Å². The number of aliphatic hydroxyl groups excluding tert-OH is 1. The molecular weight excluding hydrogens is 390 g/mol.